The van der Waals surface area contributed by atoms with Crippen molar-refractivity contribution in [1.82, 2.24) is 14.3 Å². The van der Waals surface area contributed by atoms with Gasteiger partial charge in [0.05, 0.1) is 12.8 Å². The van der Waals surface area contributed by atoms with E-state index in [9.17, 15) is 4.79 Å². The molecule has 6 heteroatoms. The Kier molecular flexibility index (Phi) is 5.35. The summed E-state index contributed by atoms with van der Waals surface area (Å²) in [6.07, 6.45) is 0. The van der Waals surface area contributed by atoms with Gasteiger partial charge in [-0.15, -0.1) is 5.10 Å². The van der Waals surface area contributed by atoms with E-state index < -0.39 is 0 Å². The molecule has 1 aromatic carbocycles. The van der Waals surface area contributed by atoms with Crippen LogP contribution in [0.15, 0.2) is 27.5 Å². The topological polar surface area (TPSA) is 49.1 Å². The molecule has 2 rings (SSSR count). The Balaban J connectivity index is 0.000000861. The summed E-state index contributed by atoms with van der Waals surface area (Å²) in [7, 11) is 3.08. The highest BCUT2D eigenvalue weighted by atomic mass is 79.9. The fourth-order valence-electron chi connectivity index (χ4n) is 1.52. The monoisotopic (exact) mass is 327 g/mol. The van der Waals surface area contributed by atoms with Crippen LogP contribution in [0.3, 0.4) is 0 Å². The van der Waals surface area contributed by atoms with Crippen molar-refractivity contribution in [3.8, 4) is 11.7 Å². The molecule has 104 valence electrons. The van der Waals surface area contributed by atoms with E-state index >= 15 is 0 Å². The third kappa shape index (κ3) is 3.07. The third-order valence-electron chi connectivity index (χ3n) is 2.49. The first-order valence-corrected chi connectivity index (χ1v) is 6.80. The molecule has 1 aromatic heterocycles. The van der Waals surface area contributed by atoms with E-state index in [-0.39, 0.29) is 11.7 Å². The number of hydrogen-bond donors (Lipinski definition) is 0. The van der Waals surface area contributed by atoms with Crippen LogP contribution >= 0.6 is 15.9 Å². The van der Waals surface area contributed by atoms with Gasteiger partial charge in [-0.2, -0.15) is 0 Å². The van der Waals surface area contributed by atoms with Crippen LogP contribution in [0.4, 0.5) is 0 Å². The smallest absolute Gasteiger partial charge is 0.353 e. The van der Waals surface area contributed by atoms with Crippen molar-refractivity contribution in [2.75, 3.05) is 7.11 Å². The Bertz CT molecular complexity index is 617. The van der Waals surface area contributed by atoms with Crippen LogP contribution < -0.4 is 10.4 Å². The van der Waals surface area contributed by atoms with Gasteiger partial charge in [0.25, 0.3) is 0 Å². The minimum absolute atomic E-state index is 0.238. The summed E-state index contributed by atoms with van der Waals surface area (Å²) in [5.41, 5.74) is 1.58. The van der Waals surface area contributed by atoms with Crippen molar-refractivity contribution < 1.29 is 4.74 Å². The van der Waals surface area contributed by atoms with Crippen LogP contribution in [0, 0.1) is 6.92 Å². The average molecular weight is 328 g/mol. The Morgan fingerprint density at radius 3 is 2.47 bits per heavy atom. The first-order chi connectivity index (χ1) is 9.04. The molecule has 0 N–H and O–H groups in total. The number of benzene rings is 1. The number of nitrogens with zero attached hydrogens (tertiary/aromatic N) is 3. The SMILES string of the molecule is CC.COc1nn(C)c(=O)n1-c1ccc(C)c(Br)c1. The summed E-state index contributed by atoms with van der Waals surface area (Å²) in [5.74, 6) is 0. The number of ether oxygens (including phenoxy) is 1. The summed E-state index contributed by atoms with van der Waals surface area (Å²) >= 11 is 3.44. The number of hydrogen-bond acceptors (Lipinski definition) is 3. The molecular formula is C13H18BrN3O2. The summed E-state index contributed by atoms with van der Waals surface area (Å²) in [4.78, 5) is 11.9. The molecule has 0 atom stereocenters. The zero-order chi connectivity index (χ0) is 14.6. The number of methoxy groups -OCH3 is 1. The van der Waals surface area contributed by atoms with Crippen LogP contribution in [0.5, 0.6) is 6.01 Å². The summed E-state index contributed by atoms with van der Waals surface area (Å²) in [6, 6.07) is 5.92. The molecule has 0 radical (unpaired) electrons. The standard InChI is InChI=1S/C11H12BrN3O2.C2H6/c1-7-4-5-8(6-9(7)12)15-10(17-3)13-14(2)11(15)16;1-2/h4-6H,1-3H3;1-2H3. The van der Waals surface area contributed by atoms with Crippen LogP contribution in [0.1, 0.15) is 19.4 Å². The van der Waals surface area contributed by atoms with Crippen molar-refractivity contribution in [3.05, 3.63) is 38.7 Å². The second-order valence-electron chi connectivity index (χ2n) is 3.66. The lowest BCUT2D eigenvalue weighted by Crippen LogP contribution is -2.21. The molecule has 0 unspecified atom stereocenters. The van der Waals surface area contributed by atoms with E-state index in [1.165, 1.54) is 16.4 Å². The molecule has 0 aliphatic heterocycles. The van der Waals surface area contributed by atoms with Gasteiger partial charge in [0.15, 0.2) is 0 Å². The quantitative estimate of drug-likeness (QED) is 0.852. The normalized spacial score (nSPS) is 9.79. The molecule has 0 spiro atoms. The third-order valence-corrected chi connectivity index (χ3v) is 3.35. The molecule has 0 saturated heterocycles. The van der Waals surface area contributed by atoms with Gasteiger partial charge in [0.2, 0.25) is 0 Å². The maximum absolute atomic E-state index is 11.9. The minimum atomic E-state index is -0.238. The number of rotatable bonds is 2. The molecule has 0 bridgehead atoms. The van der Waals surface area contributed by atoms with Crippen LogP contribution in [0.25, 0.3) is 5.69 Å². The van der Waals surface area contributed by atoms with Gasteiger partial charge in [-0.05, 0) is 24.6 Å². The molecule has 2 aromatic rings. The molecule has 0 amide bonds. The Morgan fingerprint density at radius 1 is 1.32 bits per heavy atom. The van der Waals surface area contributed by atoms with Crippen molar-refractivity contribution in [1.29, 1.82) is 0 Å². The van der Waals surface area contributed by atoms with E-state index in [0.29, 0.717) is 0 Å². The Morgan fingerprint density at radius 2 is 1.95 bits per heavy atom. The van der Waals surface area contributed by atoms with Crippen molar-refractivity contribution in [2.24, 2.45) is 7.05 Å². The zero-order valence-electron chi connectivity index (χ0n) is 11.8. The molecule has 0 aliphatic carbocycles. The molecule has 0 aliphatic rings. The molecule has 5 nitrogen and oxygen atoms in total. The molecule has 0 saturated carbocycles. The lowest BCUT2D eigenvalue weighted by atomic mass is 10.2. The summed E-state index contributed by atoms with van der Waals surface area (Å²) < 4.78 is 8.69. The van der Waals surface area contributed by atoms with Gasteiger partial charge in [0, 0.05) is 11.5 Å². The molecule has 1 heterocycles. The average Bonchev–Trinajstić information content (AvgIpc) is 2.71. The van der Waals surface area contributed by atoms with Gasteiger partial charge in [0.1, 0.15) is 0 Å². The van der Waals surface area contributed by atoms with E-state index in [1.807, 2.05) is 39.0 Å². The highest BCUT2D eigenvalue weighted by Crippen LogP contribution is 2.21. The lowest BCUT2D eigenvalue weighted by molar-refractivity contribution is 0.368. The molecule has 19 heavy (non-hydrogen) atoms. The van der Waals surface area contributed by atoms with Gasteiger partial charge in [-0.3, -0.25) is 0 Å². The zero-order valence-corrected chi connectivity index (χ0v) is 13.4. The van der Waals surface area contributed by atoms with E-state index in [4.69, 9.17) is 4.74 Å². The fourth-order valence-corrected chi connectivity index (χ4v) is 1.88. The maximum Gasteiger partial charge on any atom is 0.353 e. The van der Waals surface area contributed by atoms with Gasteiger partial charge in [-0.1, -0.05) is 35.8 Å². The van der Waals surface area contributed by atoms with Gasteiger partial charge >= 0.3 is 11.7 Å². The second kappa shape index (κ2) is 6.56. The highest BCUT2D eigenvalue weighted by Gasteiger charge is 2.13. The summed E-state index contributed by atoms with van der Waals surface area (Å²) in [6.45, 7) is 5.98. The number of aryl methyl sites for hydroxylation is 2. The summed E-state index contributed by atoms with van der Waals surface area (Å²) in [5, 5.41) is 3.99. The van der Waals surface area contributed by atoms with E-state index in [0.717, 1.165) is 15.7 Å². The highest BCUT2D eigenvalue weighted by molar-refractivity contribution is 9.10. The molecular weight excluding hydrogens is 310 g/mol. The predicted octanol–water partition coefficient (Wildman–Crippen LogP) is 2.68. The second-order valence-corrected chi connectivity index (χ2v) is 4.52. The van der Waals surface area contributed by atoms with Crippen LogP contribution in [-0.2, 0) is 7.05 Å². The van der Waals surface area contributed by atoms with Crippen molar-refractivity contribution in [3.63, 3.8) is 0 Å². The maximum atomic E-state index is 11.9. The first kappa shape index (κ1) is 15.5. The van der Waals surface area contributed by atoms with Crippen LogP contribution in [-0.4, -0.2) is 21.5 Å². The van der Waals surface area contributed by atoms with E-state index in [1.54, 1.807) is 7.05 Å². The van der Waals surface area contributed by atoms with Crippen LogP contribution in [0.2, 0.25) is 0 Å². The number of halogens is 1. The largest absolute Gasteiger partial charge is 0.467 e. The van der Waals surface area contributed by atoms with Gasteiger partial charge < -0.3 is 4.74 Å². The Hall–Kier alpha value is -1.56. The fraction of sp³-hybridized carbons (Fsp3) is 0.385. The van der Waals surface area contributed by atoms with E-state index in [2.05, 4.69) is 21.0 Å². The minimum Gasteiger partial charge on any atom is -0.467 e. The first-order valence-electron chi connectivity index (χ1n) is 6.01. The molecule has 0 fully saturated rings. The Labute approximate surface area is 120 Å². The van der Waals surface area contributed by atoms with Crippen molar-refractivity contribution >= 4 is 15.9 Å². The van der Waals surface area contributed by atoms with Crippen molar-refractivity contribution in [2.45, 2.75) is 20.8 Å². The predicted molar refractivity (Wildman–Crippen MR) is 79.1 cm³/mol. The van der Waals surface area contributed by atoms with Gasteiger partial charge in [-0.25, -0.2) is 14.0 Å². The lowest BCUT2D eigenvalue weighted by Gasteiger charge is -2.05. The number of aromatic nitrogens is 3.